The molecule has 1 aromatic carbocycles. The molecule has 6 heteroatoms. The van der Waals surface area contributed by atoms with Gasteiger partial charge in [0.2, 0.25) is 0 Å². The Balaban J connectivity index is 2.85. The number of carbonyl (C=O) groups is 1. The zero-order valence-corrected chi connectivity index (χ0v) is 12.0. The van der Waals surface area contributed by atoms with Crippen molar-refractivity contribution in [1.29, 1.82) is 0 Å². The van der Waals surface area contributed by atoms with Gasteiger partial charge in [-0.25, -0.2) is 9.18 Å². The number of nitrogens with zero attached hydrogens (tertiary/aromatic N) is 1. The van der Waals surface area contributed by atoms with Crippen LogP contribution < -0.4 is 5.32 Å². The second kappa shape index (κ2) is 7.81. The Kier molecular flexibility index (Phi) is 6.41. The summed E-state index contributed by atoms with van der Waals surface area (Å²) in [5.74, 6) is -1.66. The summed E-state index contributed by atoms with van der Waals surface area (Å²) < 4.78 is 18.4. The average molecular weight is 284 g/mol. The van der Waals surface area contributed by atoms with E-state index in [4.69, 9.17) is 4.74 Å². The average Bonchev–Trinajstić information content (AvgIpc) is 2.38. The first kappa shape index (κ1) is 16.4. The molecule has 0 saturated carbocycles. The van der Waals surface area contributed by atoms with E-state index in [-0.39, 0.29) is 6.61 Å². The summed E-state index contributed by atoms with van der Waals surface area (Å²) in [4.78, 5) is 13.9. The van der Waals surface area contributed by atoms with Gasteiger partial charge < -0.3 is 14.7 Å². The van der Waals surface area contributed by atoms with Crippen LogP contribution in [0.4, 0.5) is 4.39 Å². The fraction of sp³-hybridized carbons (Fsp3) is 0.500. The van der Waals surface area contributed by atoms with E-state index in [9.17, 15) is 14.3 Å². The van der Waals surface area contributed by atoms with Crippen molar-refractivity contribution in [2.45, 2.75) is 13.0 Å². The molecule has 0 aliphatic carbocycles. The number of phenolic OH excluding ortho intramolecular Hbond substituents is 1. The third kappa shape index (κ3) is 4.79. The highest BCUT2D eigenvalue weighted by molar-refractivity contribution is 5.77. The van der Waals surface area contributed by atoms with Gasteiger partial charge in [0.1, 0.15) is 6.04 Å². The summed E-state index contributed by atoms with van der Waals surface area (Å²) in [7, 11) is 3.84. The van der Waals surface area contributed by atoms with Crippen molar-refractivity contribution in [2.75, 3.05) is 33.8 Å². The van der Waals surface area contributed by atoms with Crippen molar-refractivity contribution in [3.8, 4) is 5.75 Å². The summed E-state index contributed by atoms with van der Waals surface area (Å²) in [6.07, 6.45) is 0. The van der Waals surface area contributed by atoms with E-state index in [1.807, 2.05) is 19.0 Å². The summed E-state index contributed by atoms with van der Waals surface area (Å²) >= 11 is 0. The van der Waals surface area contributed by atoms with Gasteiger partial charge in [0.05, 0.1) is 6.61 Å². The van der Waals surface area contributed by atoms with Crippen LogP contribution in [0.1, 0.15) is 18.5 Å². The lowest BCUT2D eigenvalue weighted by Gasteiger charge is -2.19. The molecule has 2 N–H and O–H groups in total. The second-order valence-electron chi connectivity index (χ2n) is 4.65. The van der Waals surface area contributed by atoms with Crippen LogP contribution in [0.5, 0.6) is 5.75 Å². The number of hydrogen-bond donors (Lipinski definition) is 2. The zero-order chi connectivity index (χ0) is 15.1. The molecule has 0 aliphatic heterocycles. The fourth-order valence-corrected chi connectivity index (χ4v) is 1.70. The maximum absolute atomic E-state index is 13.4. The van der Waals surface area contributed by atoms with Crippen molar-refractivity contribution in [3.05, 3.63) is 29.6 Å². The molecule has 112 valence electrons. The maximum Gasteiger partial charge on any atom is 0.327 e. The molecule has 1 unspecified atom stereocenters. The van der Waals surface area contributed by atoms with Crippen LogP contribution in [0.3, 0.4) is 0 Å². The second-order valence-corrected chi connectivity index (χ2v) is 4.65. The quantitative estimate of drug-likeness (QED) is 0.739. The minimum atomic E-state index is -0.758. The Morgan fingerprint density at radius 2 is 2.20 bits per heavy atom. The summed E-state index contributed by atoms with van der Waals surface area (Å²) in [6, 6.07) is 3.12. The standard InChI is InChI=1S/C14H21FN2O3/c1-4-20-14(19)13(16-7-8-17(2)3)10-5-6-12(18)11(15)9-10/h5-6,9,13,16,18H,4,7-8H2,1-3H3. The Morgan fingerprint density at radius 3 is 2.75 bits per heavy atom. The van der Waals surface area contributed by atoms with Gasteiger partial charge in [-0.15, -0.1) is 0 Å². The molecule has 5 nitrogen and oxygen atoms in total. The Bertz CT molecular complexity index is 452. The van der Waals surface area contributed by atoms with Crippen LogP contribution in [0.2, 0.25) is 0 Å². The number of nitrogens with one attached hydrogen (secondary N) is 1. The zero-order valence-electron chi connectivity index (χ0n) is 12.0. The lowest BCUT2D eigenvalue weighted by molar-refractivity contribution is -0.145. The Labute approximate surface area is 118 Å². The topological polar surface area (TPSA) is 61.8 Å². The SMILES string of the molecule is CCOC(=O)C(NCCN(C)C)c1ccc(O)c(F)c1. The van der Waals surface area contributed by atoms with Crippen molar-refractivity contribution >= 4 is 5.97 Å². The molecule has 20 heavy (non-hydrogen) atoms. The molecule has 1 atom stereocenters. The van der Waals surface area contributed by atoms with Crippen LogP contribution in [0.15, 0.2) is 18.2 Å². The number of phenols is 1. The Morgan fingerprint density at radius 1 is 1.50 bits per heavy atom. The number of ether oxygens (including phenoxy) is 1. The number of benzene rings is 1. The summed E-state index contributed by atoms with van der Waals surface area (Å²) in [6.45, 7) is 3.26. The normalized spacial score (nSPS) is 12.4. The van der Waals surface area contributed by atoms with E-state index in [2.05, 4.69) is 5.32 Å². The maximum atomic E-state index is 13.4. The predicted octanol–water partition coefficient (Wildman–Crippen LogP) is 1.29. The molecular weight excluding hydrogens is 263 g/mol. The van der Waals surface area contributed by atoms with Gasteiger partial charge in [0.25, 0.3) is 0 Å². The van der Waals surface area contributed by atoms with Crippen LogP contribution in [-0.4, -0.2) is 49.8 Å². The molecular formula is C14H21FN2O3. The lowest BCUT2D eigenvalue weighted by atomic mass is 10.1. The van der Waals surface area contributed by atoms with E-state index in [1.165, 1.54) is 12.1 Å². The molecule has 0 fully saturated rings. The van der Waals surface area contributed by atoms with E-state index >= 15 is 0 Å². The molecule has 0 aliphatic rings. The van der Waals surface area contributed by atoms with Gasteiger partial charge in [-0.3, -0.25) is 5.32 Å². The largest absolute Gasteiger partial charge is 0.505 e. The monoisotopic (exact) mass is 284 g/mol. The van der Waals surface area contributed by atoms with Gasteiger partial charge in [0, 0.05) is 13.1 Å². The van der Waals surface area contributed by atoms with E-state index < -0.39 is 23.6 Å². The smallest absolute Gasteiger partial charge is 0.327 e. The number of carbonyl (C=O) groups excluding carboxylic acids is 1. The predicted molar refractivity (Wildman–Crippen MR) is 74.0 cm³/mol. The molecule has 0 radical (unpaired) electrons. The van der Waals surface area contributed by atoms with Gasteiger partial charge in [-0.05, 0) is 38.7 Å². The number of likely N-dealkylation sites (N-methyl/N-ethyl adjacent to an activating group) is 1. The first-order valence-corrected chi connectivity index (χ1v) is 6.48. The number of halogens is 1. The van der Waals surface area contributed by atoms with E-state index in [0.717, 1.165) is 12.6 Å². The van der Waals surface area contributed by atoms with Crippen LogP contribution in [-0.2, 0) is 9.53 Å². The highest BCUT2D eigenvalue weighted by atomic mass is 19.1. The van der Waals surface area contributed by atoms with Crippen molar-refractivity contribution in [3.63, 3.8) is 0 Å². The summed E-state index contributed by atoms with van der Waals surface area (Å²) in [5.41, 5.74) is 0.428. The van der Waals surface area contributed by atoms with E-state index in [0.29, 0.717) is 12.1 Å². The highest BCUT2D eigenvalue weighted by Gasteiger charge is 2.22. The highest BCUT2D eigenvalue weighted by Crippen LogP contribution is 2.21. The molecule has 0 saturated heterocycles. The molecule has 0 amide bonds. The van der Waals surface area contributed by atoms with Crippen LogP contribution in [0.25, 0.3) is 0 Å². The van der Waals surface area contributed by atoms with Crippen molar-refractivity contribution in [1.82, 2.24) is 10.2 Å². The molecule has 0 aromatic heterocycles. The number of esters is 1. The Hall–Kier alpha value is -1.66. The molecule has 0 spiro atoms. The molecule has 1 rings (SSSR count). The lowest BCUT2D eigenvalue weighted by Crippen LogP contribution is -2.35. The first-order chi connectivity index (χ1) is 9.45. The minimum absolute atomic E-state index is 0.255. The van der Waals surface area contributed by atoms with Crippen LogP contribution >= 0.6 is 0 Å². The first-order valence-electron chi connectivity index (χ1n) is 6.48. The minimum Gasteiger partial charge on any atom is -0.505 e. The fourth-order valence-electron chi connectivity index (χ4n) is 1.70. The summed E-state index contributed by atoms with van der Waals surface area (Å²) in [5, 5.41) is 12.2. The van der Waals surface area contributed by atoms with Crippen molar-refractivity contribution in [2.24, 2.45) is 0 Å². The number of aromatic hydroxyl groups is 1. The van der Waals surface area contributed by atoms with Gasteiger partial charge in [0.15, 0.2) is 11.6 Å². The molecule has 0 bridgehead atoms. The number of hydrogen-bond acceptors (Lipinski definition) is 5. The molecule has 1 aromatic rings. The molecule has 0 heterocycles. The third-order valence-electron chi connectivity index (χ3n) is 2.73. The van der Waals surface area contributed by atoms with Gasteiger partial charge >= 0.3 is 5.97 Å². The van der Waals surface area contributed by atoms with Crippen molar-refractivity contribution < 1.29 is 19.0 Å². The van der Waals surface area contributed by atoms with Gasteiger partial charge in [-0.2, -0.15) is 0 Å². The van der Waals surface area contributed by atoms with Crippen LogP contribution in [0, 0.1) is 5.82 Å². The number of rotatable bonds is 7. The van der Waals surface area contributed by atoms with Gasteiger partial charge in [-0.1, -0.05) is 6.07 Å². The third-order valence-corrected chi connectivity index (χ3v) is 2.73. The van der Waals surface area contributed by atoms with E-state index in [1.54, 1.807) is 6.92 Å².